The minimum atomic E-state index is -1.24. The number of unbranched alkanes of at least 4 members (excludes halogenated alkanes) is 1. The number of carbonyl (C=O) groups excluding carboxylic acids is 3. The SMILES string of the molecule is CC(C)CCCCC(=O)N[C@H](C(=O)N[C@@H](CC(C)C)C(=O)[C@@]1(CO)CO1)[C@@H](C)O. The average Bonchev–Trinajstić information content (AvgIpc) is 3.42. The van der Waals surface area contributed by atoms with Crippen molar-refractivity contribution in [1.29, 1.82) is 0 Å². The Morgan fingerprint density at radius 1 is 1.03 bits per heavy atom. The molecule has 1 rings (SSSR count). The lowest BCUT2D eigenvalue weighted by atomic mass is 9.92. The lowest BCUT2D eigenvalue weighted by molar-refractivity contribution is -0.135. The van der Waals surface area contributed by atoms with E-state index in [1.54, 1.807) is 0 Å². The summed E-state index contributed by atoms with van der Waals surface area (Å²) in [7, 11) is 0. The molecule has 0 aromatic rings. The number of ether oxygens (including phenoxy) is 1. The van der Waals surface area contributed by atoms with Crippen LogP contribution in [0.15, 0.2) is 0 Å². The Kier molecular flexibility index (Phi) is 10.2. The minimum absolute atomic E-state index is 0.110. The number of rotatable bonds is 14. The summed E-state index contributed by atoms with van der Waals surface area (Å²) in [5.74, 6) is -0.630. The predicted octanol–water partition coefficient (Wildman–Crippen LogP) is 0.930. The van der Waals surface area contributed by atoms with E-state index in [9.17, 15) is 24.6 Å². The zero-order valence-corrected chi connectivity index (χ0v) is 18.4. The molecule has 0 aromatic heterocycles. The highest BCUT2D eigenvalue weighted by Crippen LogP contribution is 2.30. The van der Waals surface area contributed by atoms with Gasteiger partial charge in [0, 0.05) is 6.42 Å². The molecule has 29 heavy (non-hydrogen) atoms. The molecule has 0 unspecified atom stereocenters. The Labute approximate surface area is 173 Å². The molecule has 1 heterocycles. The van der Waals surface area contributed by atoms with E-state index in [4.69, 9.17) is 4.74 Å². The number of amides is 2. The fourth-order valence-corrected chi connectivity index (χ4v) is 3.17. The smallest absolute Gasteiger partial charge is 0.245 e. The number of ketones is 1. The maximum atomic E-state index is 12.7. The van der Waals surface area contributed by atoms with E-state index in [0.29, 0.717) is 18.8 Å². The van der Waals surface area contributed by atoms with E-state index in [0.717, 1.165) is 12.8 Å². The molecule has 168 valence electrons. The van der Waals surface area contributed by atoms with Crippen LogP contribution in [0.4, 0.5) is 0 Å². The van der Waals surface area contributed by atoms with Gasteiger partial charge in [0.2, 0.25) is 11.8 Å². The van der Waals surface area contributed by atoms with Gasteiger partial charge in [-0.15, -0.1) is 0 Å². The van der Waals surface area contributed by atoms with Gasteiger partial charge in [-0.05, 0) is 31.6 Å². The number of hydrogen-bond donors (Lipinski definition) is 4. The van der Waals surface area contributed by atoms with Crippen molar-refractivity contribution in [2.45, 2.75) is 90.5 Å². The molecule has 0 aromatic carbocycles. The molecule has 8 heteroatoms. The molecule has 0 spiro atoms. The molecule has 1 fully saturated rings. The summed E-state index contributed by atoms with van der Waals surface area (Å²) in [5.41, 5.74) is -1.24. The monoisotopic (exact) mass is 414 g/mol. The molecular weight excluding hydrogens is 376 g/mol. The van der Waals surface area contributed by atoms with Crippen LogP contribution in [0.5, 0.6) is 0 Å². The fraction of sp³-hybridized carbons (Fsp3) is 0.857. The average molecular weight is 415 g/mol. The quantitative estimate of drug-likeness (QED) is 0.247. The first kappa shape index (κ1) is 25.5. The first-order valence-corrected chi connectivity index (χ1v) is 10.6. The maximum Gasteiger partial charge on any atom is 0.245 e. The van der Waals surface area contributed by atoms with E-state index in [-0.39, 0.29) is 30.6 Å². The minimum Gasteiger partial charge on any atom is -0.393 e. The molecule has 2 amide bonds. The highest BCUT2D eigenvalue weighted by atomic mass is 16.6. The summed E-state index contributed by atoms with van der Waals surface area (Å²) >= 11 is 0. The molecule has 0 bridgehead atoms. The summed E-state index contributed by atoms with van der Waals surface area (Å²) in [6.07, 6.45) is 2.19. The highest BCUT2D eigenvalue weighted by molar-refractivity contribution is 5.98. The van der Waals surface area contributed by atoms with Crippen LogP contribution in [-0.2, 0) is 19.1 Å². The second-order valence-corrected chi connectivity index (χ2v) is 8.92. The van der Waals surface area contributed by atoms with Crippen molar-refractivity contribution < 1.29 is 29.3 Å². The van der Waals surface area contributed by atoms with Gasteiger partial charge in [-0.2, -0.15) is 0 Å². The lowest BCUT2D eigenvalue weighted by Gasteiger charge is -2.26. The van der Waals surface area contributed by atoms with Crippen molar-refractivity contribution in [2.75, 3.05) is 13.2 Å². The number of Topliss-reactive ketones (excluding diaryl/α,β-unsaturated/α-hetero) is 1. The van der Waals surface area contributed by atoms with Gasteiger partial charge in [-0.1, -0.05) is 40.5 Å². The Morgan fingerprint density at radius 2 is 1.66 bits per heavy atom. The summed E-state index contributed by atoms with van der Waals surface area (Å²) < 4.78 is 5.13. The first-order chi connectivity index (χ1) is 13.5. The molecule has 8 nitrogen and oxygen atoms in total. The topological polar surface area (TPSA) is 128 Å². The number of aliphatic hydroxyl groups excluding tert-OH is 2. The van der Waals surface area contributed by atoms with Crippen LogP contribution in [0.25, 0.3) is 0 Å². The van der Waals surface area contributed by atoms with Crippen LogP contribution in [0.3, 0.4) is 0 Å². The van der Waals surface area contributed by atoms with E-state index in [1.165, 1.54) is 6.92 Å². The van der Waals surface area contributed by atoms with Gasteiger partial charge in [0.15, 0.2) is 11.4 Å². The summed E-state index contributed by atoms with van der Waals surface area (Å²) in [6, 6.07) is -2.01. The van der Waals surface area contributed by atoms with Gasteiger partial charge < -0.3 is 25.6 Å². The van der Waals surface area contributed by atoms with Crippen LogP contribution in [-0.4, -0.2) is 64.8 Å². The van der Waals surface area contributed by atoms with Crippen LogP contribution in [0, 0.1) is 11.8 Å². The van der Waals surface area contributed by atoms with E-state index in [1.807, 2.05) is 13.8 Å². The predicted molar refractivity (Wildman–Crippen MR) is 109 cm³/mol. The molecule has 4 N–H and O–H groups in total. The van der Waals surface area contributed by atoms with Crippen molar-refractivity contribution in [3.05, 3.63) is 0 Å². The zero-order valence-electron chi connectivity index (χ0n) is 18.4. The Bertz CT molecular complexity index is 557. The van der Waals surface area contributed by atoms with Crippen molar-refractivity contribution >= 4 is 17.6 Å². The van der Waals surface area contributed by atoms with Crippen LogP contribution in [0.2, 0.25) is 0 Å². The molecular formula is C21H38N2O6. The third-order valence-electron chi connectivity index (χ3n) is 5.05. The van der Waals surface area contributed by atoms with E-state index in [2.05, 4.69) is 24.5 Å². The molecule has 1 aliphatic heterocycles. The van der Waals surface area contributed by atoms with Crippen molar-refractivity contribution in [2.24, 2.45) is 11.8 Å². The Balaban J connectivity index is 2.70. The van der Waals surface area contributed by atoms with E-state index < -0.39 is 36.3 Å². The first-order valence-electron chi connectivity index (χ1n) is 10.6. The van der Waals surface area contributed by atoms with Crippen LogP contribution >= 0.6 is 0 Å². The van der Waals surface area contributed by atoms with Gasteiger partial charge in [0.05, 0.1) is 25.4 Å². The summed E-state index contributed by atoms with van der Waals surface area (Å²) in [4.78, 5) is 37.7. The van der Waals surface area contributed by atoms with Gasteiger partial charge in [0.25, 0.3) is 0 Å². The fourth-order valence-electron chi connectivity index (χ4n) is 3.17. The lowest BCUT2D eigenvalue weighted by Crippen LogP contribution is -2.57. The number of hydrogen-bond acceptors (Lipinski definition) is 6. The van der Waals surface area contributed by atoms with Crippen molar-refractivity contribution in [3.63, 3.8) is 0 Å². The van der Waals surface area contributed by atoms with Crippen LogP contribution < -0.4 is 10.6 Å². The normalized spacial score (nSPS) is 21.6. The third kappa shape index (κ3) is 8.40. The Hall–Kier alpha value is -1.51. The third-order valence-corrected chi connectivity index (χ3v) is 5.05. The molecule has 4 atom stereocenters. The number of aliphatic hydroxyl groups is 2. The summed E-state index contributed by atoms with van der Waals surface area (Å²) in [5, 5.41) is 24.7. The second-order valence-electron chi connectivity index (χ2n) is 8.92. The highest BCUT2D eigenvalue weighted by Gasteiger charge is 2.54. The number of nitrogens with one attached hydrogen (secondary N) is 2. The molecule has 0 saturated carbocycles. The zero-order chi connectivity index (χ0) is 22.2. The molecule has 0 aliphatic carbocycles. The standard InChI is InChI=1S/C21H38N2O6/c1-13(2)8-6-7-9-17(26)23-18(15(5)25)20(28)22-16(10-14(3)4)19(27)21(11-24)12-29-21/h13-16,18,24-25H,6-12H2,1-5H3,(H,22,28)(H,23,26)/t15-,16+,18+,21-/m1/s1. The van der Waals surface area contributed by atoms with Gasteiger partial charge in [0.1, 0.15) is 6.04 Å². The van der Waals surface area contributed by atoms with Crippen molar-refractivity contribution in [1.82, 2.24) is 10.6 Å². The van der Waals surface area contributed by atoms with Gasteiger partial charge in [-0.3, -0.25) is 14.4 Å². The molecule has 1 aliphatic rings. The van der Waals surface area contributed by atoms with Crippen molar-refractivity contribution in [3.8, 4) is 0 Å². The largest absolute Gasteiger partial charge is 0.393 e. The second kappa shape index (κ2) is 11.6. The van der Waals surface area contributed by atoms with E-state index >= 15 is 0 Å². The van der Waals surface area contributed by atoms with Gasteiger partial charge >= 0.3 is 0 Å². The molecule has 1 saturated heterocycles. The molecule has 0 radical (unpaired) electrons. The maximum absolute atomic E-state index is 12.7. The number of carbonyl (C=O) groups is 3. The Morgan fingerprint density at radius 3 is 2.10 bits per heavy atom. The number of epoxide rings is 1. The van der Waals surface area contributed by atoms with Crippen LogP contribution in [0.1, 0.15) is 66.7 Å². The summed E-state index contributed by atoms with van der Waals surface area (Å²) in [6.45, 7) is 9.17. The van der Waals surface area contributed by atoms with Gasteiger partial charge in [-0.25, -0.2) is 0 Å².